The van der Waals surface area contributed by atoms with Gasteiger partial charge in [0.15, 0.2) is 0 Å². The van der Waals surface area contributed by atoms with E-state index in [-0.39, 0.29) is 23.0 Å². The molecular formula is C24H50BrNO2. The first-order valence-electron chi connectivity index (χ1n) is 12.1. The molecule has 0 aliphatic heterocycles. The molecule has 0 aromatic carbocycles. The van der Waals surface area contributed by atoms with Crippen LogP contribution in [0.5, 0.6) is 0 Å². The molecule has 0 fully saturated rings. The van der Waals surface area contributed by atoms with Gasteiger partial charge >= 0.3 is 5.97 Å². The van der Waals surface area contributed by atoms with Crippen LogP contribution >= 0.6 is 0 Å². The minimum Gasteiger partial charge on any atom is -1.00 e. The zero-order valence-corrected chi connectivity index (χ0v) is 21.2. The first-order valence-corrected chi connectivity index (χ1v) is 12.1. The van der Waals surface area contributed by atoms with Crippen LogP contribution in [0.3, 0.4) is 0 Å². The molecular weight excluding hydrogens is 414 g/mol. The Morgan fingerprint density at radius 2 is 1.04 bits per heavy atom. The number of hydrogen-bond donors (Lipinski definition) is 0. The summed E-state index contributed by atoms with van der Waals surface area (Å²) in [6, 6.07) is 0. The number of nitrogens with zero attached hydrogens (tertiary/aromatic N) is 1. The van der Waals surface area contributed by atoms with E-state index >= 15 is 0 Å². The second-order valence-electron chi connectivity index (χ2n) is 8.61. The summed E-state index contributed by atoms with van der Waals surface area (Å²) in [5, 5.41) is 0. The average Bonchev–Trinajstić information content (AvgIpc) is 2.66. The highest BCUT2D eigenvalue weighted by atomic mass is 79.9. The van der Waals surface area contributed by atoms with Crippen molar-refractivity contribution >= 4 is 5.97 Å². The van der Waals surface area contributed by atoms with E-state index in [1.807, 2.05) is 6.92 Å². The number of likely N-dealkylation sites (N-methyl/N-ethyl adjacent to an activating group) is 1. The van der Waals surface area contributed by atoms with E-state index in [1.54, 1.807) is 0 Å². The lowest BCUT2D eigenvalue weighted by Crippen LogP contribution is -3.00. The Balaban J connectivity index is 0. The number of esters is 1. The third kappa shape index (κ3) is 19.2. The largest absolute Gasteiger partial charge is 1.00 e. The number of rotatable bonds is 20. The fraction of sp³-hybridized carbons (Fsp3) is 0.958. The molecule has 0 heterocycles. The Kier molecular flexibility index (Phi) is 23.2. The predicted molar refractivity (Wildman–Crippen MR) is 118 cm³/mol. The van der Waals surface area contributed by atoms with Gasteiger partial charge in [-0.2, -0.15) is 0 Å². The lowest BCUT2D eigenvalue weighted by Gasteiger charge is -2.34. The molecule has 0 N–H and O–H groups in total. The SMILES string of the molecule is CCCCCCCCCC[N+](C)(CCCCCCCC)CCOC(=O)CC.[Br-]. The smallest absolute Gasteiger partial charge is 0.305 e. The molecule has 0 saturated carbocycles. The highest BCUT2D eigenvalue weighted by Gasteiger charge is 2.21. The highest BCUT2D eigenvalue weighted by Crippen LogP contribution is 2.14. The molecule has 0 amide bonds. The van der Waals surface area contributed by atoms with Crippen LogP contribution in [0, 0.1) is 0 Å². The van der Waals surface area contributed by atoms with Crippen molar-refractivity contribution in [2.45, 2.75) is 117 Å². The van der Waals surface area contributed by atoms with E-state index in [1.165, 1.54) is 103 Å². The van der Waals surface area contributed by atoms with Crippen LogP contribution in [0.4, 0.5) is 0 Å². The molecule has 1 atom stereocenters. The Labute approximate surface area is 187 Å². The first kappa shape index (κ1) is 30.1. The minimum atomic E-state index is -0.0619. The molecule has 0 bridgehead atoms. The summed E-state index contributed by atoms with van der Waals surface area (Å²) in [4.78, 5) is 11.4. The fourth-order valence-corrected chi connectivity index (χ4v) is 3.72. The van der Waals surface area contributed by atoms with Gasteiger partial charge in [0.2, 0.25) is 0 Å². The van der Waals surface area contributed by atoms with Crippen LogP contribution in [0.2, 0.25) is 0 Å². The molecule has 170 valence electrons. The van der Waals surface area contributed by atoms with Crippen molar-refractivity contribution < 1.29 is 31.0 Å². The van der Waals surface area contributed by atoms with Crippen molar-refractivity contribution in [1.29, 1.82) is 0 Å². The van der Waals surface area contributed by atoms with Gasteiger partial charge in [-0.05, 0) is 25.7 Å². The second-order valence-corrected chi connectivity index (χ2v) is 8.61. The van der Waals surface area contributed by atoms with Crippen molar-refractivity contribution in [2.24, 2.45) is 0 Å². The standard InChI is InChI=1S/C24H50NO2.BrH/c1-5-8-10-12-14-15-17-19-21-25(4,22-23-27-24(26)7-3)20-18-16-13-11-9-6-2;/h5-23H2,1-4H3;1H/q+1;/p-1. The maximum atomic E-state index is 11.4. The van der Waals surface area contributed by atoms with Crippen molar-refractivity contribution in [1.82, 2.24) is 0 Å². The van der Waals surface area contributed by atoms with Gasteiger partial charge < -0.3 is 26.2 Å². The molecule has 3 nitrogen and oxygen atoms in total. The van der Waals surface area contributed by atoms with E-state index in [9.17, 15) is 4.79 Å². The quantitative estimate of drug-likeness (QED) is 0.155. The number of hydrogen-bond acceptors (Lipinski definition) is 2. The van der Waals surface area contributed by atoms with Gasteiger partial charge in [-0.15, -0.1) is 0 Å². The van der Waals surface area contributed by atoms with E-state index in [2.05, 4.69) is 20.9 Å². The van der Waals surface area contributed by atoms with Crippen LogP contribution < -0.4 is 17.0 Å². The maximum absolute atomic E-state index is 11.4. The normalized spacial score (nSPS) is 13.0. The van der Waals surface area contributed by atoms with E-state index in [4.69, 9.17) is 4.74 Å². The second kappa shape index (κ2) is 21.6. The summed E-state index contributed by atoms with van der Waals surface area (Å²) >= 11 is 0. The molecule has 0 aromatic rings. The van der Waals surface area contributed by atoms with Crippen LogP contribution in [-0.2, 0) is 9.53 Å². The van der Waals surface area contributed by atoms with E-state index in [0.29, 0.717) is 13.0 Å². The molecule has 0 rings (SSSR count). The van der Waals surface area contributed by atoms with Crippen LogP contribution in [0.1, 0.15) is 117 Å². The van der Waals surface area contributed by atoms with Gasteiger partial charge in [0.25, 0.3) is 0 Å². The van der Waals surface area contributed by atoms with Gasteiger partial charge in [0, 0.05) is 6.42 Å². The Bertz CT molecular complexity index is 339. The molecule has 4 heteroatoms. The molecule has 0 aliphatic rings. The van der Waals surface area contributed by atoms with Crippen LogP contribution in [-0.4, -0.2) is 43.7 Å². The number of carbonyl (C=O) groups is 1. The van der Waals surface area contributed by atoms with Gasteiger partial charge in [0.05, 0.1) is 20.1 Å². The molecule has 0 spiro atoms. The summed E-state index contributed by atoms with van der Waals surface area (Å²) < 4.78 is 6.44. The maximum Gasteiger partial charge on any atom is 0.305 e. The molecule has 0 aliphatic carbocycles. The average molecular weight is 465 g/mol. The van der Waals surface area contributed by atoms with E-state index < -0.39 is 0 Å². The Morgan fingerprint density at radius 3 is 1.43 bits per heavy atom. The number of unbranched alkanes of at least 4 members (excludes halogenated alkanes) is 12. The molecule has 0 aromatic heterocycles. The zero-order valence-electron chi connectivity index (χ0n) is 19.6. The van der Waals surface area contributed by atoms with Crippen molar-refractivity contribution in [3.8, 4) is 0 Å². The summed E-state index contributed by atoms with van der Waals surface area (Å²) in [7, 11) is 2.37. The summed E-state index contributed by atoms with van der Waals surface area (Å²) in [5.41, 5.74) is 0. The van der Waals surface area contributed by atoms with Gasteiger partial charge in [0.1, 0.15) is 13.2 Å². The first-order chi connectivity index (χ1) is 13.1. The topological polar surface area (TPSA) is 26.3 Å². The lowest BCUT2D eigenvalue weighted by molar-refractivity contribution is -0.910. The van der Waals surface area contributed by atoms with Gasteiger partial charge in [-0.25, -0.2) is 0 Å². The minimum absolute atomic E-state index is 0. The molecule has 28 heavy (non-hydrogen) atoms. The number of quaternary nitrogens is 1. The van der Waals surface area contributed by atoms with Gasteiger partial charge in [-0.1, -0.05) is 85.0 Å². The monoisotopic (exact) mass is 463 g/mol. The summed E-state index contributed by atoms with van der Waals surface area (Å²) in [6.07, 6.45) is 19.6. The van der Waals surface area contributed by atoms with Crippen molar-refractivity contribution in [3.05, 3.63) is 0 Å². The van der Waals surface area contributed by atoms with Crippen molar-refractivity contribution in [2.75, 3.05) is 33.3 Å². The van der Waals surface area contributed by atoms with Crippen LogP contribution in [0.25, 0.3) is 0 Å². The molecule has 0 saturated heterocycles. The van der Waals surface area contributed by atoms with Crippen LogP contribution in [0.15, 0.2) is 0 Å². The molecule has 0 radical (unpaired) electrons. The van der Waals surface area contributed by atoms with E-state index in [0.717, 1.165) is 11.0 Å². The fourth-order valence-electron chi connectivity index (χ4n) is 3.72. The summed E-state index contributed by atoms with van der Waals surface area (Å²) in [6.45, 7) is 10.4. The predicted octanol–water partition coefficient (Wildman–Crippen LogP) is 3.89. The summed E-state index contributed by atoms with van der Waals surface area (Å²) in [5.74, 6) is -0.0619. The molecule has 1 unspecified atom stereocenters. The zero-order chi connectivity index (χ0) is 20.2. The highest BCUT2D eigenvalue weighted by molar-refractivity contribution is 5.68. The third-order valence-electron chi connectivity index (χ3n) is 5.79. The van der Waals surface area contributed by atoms with Crippen molar-refractivity contribution in [3.63, 3.8) is 0 Å². The Hall–Kier alpha value is -0.0900. The number of carbonyl (C=O) groups excluding carboxylic acids is 1. The lowest BCUT2D eigenvalue weighted by atomic mass is 10.1. The third-order valence-corrected chi connectivity index (χ3v) is 5.79. The Morgan fingerprint density at radius 1 is 0.643 bits per heavy atom. The number of halogens is 1. The number of ether oxygens (including phenoxy) is 1. The van der Waals surface area contributed by atoms with Gasteiger partial charge in [-0.3, -0.25) is 4.79 Å².